The molecular formula is C19H20N2O5. The fourth-order valence-electron chi connectivity index (χ4n) is 2.86. The van der Waals surface area contributed by atoms with Gasteiger partial charge < -0.3 is 19.7 Å². The van der Waals surface area contributed by atoms with E-state index in [9.17, 15) is 14.4 Å². The molecule has 2 amide bonds. The van der Waals surface area contributed by atoms with Gasteiger partial charge in [-0.05, 0) is 55.2 Å². The first-order chi connectivity index (χ1) is 12.4. The number of benzene rings is 1. The first-order valence-corrected chi connectivity index (χ1v) is 8.48. The Hall–Kier alpha value is -3.09. The van der Waals surface area contributed by atoms with Gasteiger partial charge in [-0.3, -0.25) is 9.59 Å². The maximum atomic E-state index is 12.5. The topological polar surface area (TPSA) is 99.9 Å². The number of furan rings is 1. The number of hydrogen-bond acceptors (Lipinski definition) is 4. The van der Waals surface area contributed by atoms with Gasteiger partial charge in [0.2, 0.25) is 5.76 Å². The van der Waals surface area contributed by atoms with Crippen LogP contribution in [0.25, 0.3) is 0 Å². The molecule has 1 aliphatic rings. The predicted molar refractivity (Wildman–Crippen MR) is 94.4 cm³/mol. The van der Waals surface area contributed by atoms with Crippen molar-refractivity contribution in [1.82, 2.24) is 4.90 Å². The third-order valence-electron chi connectivity index (χ3n) is 4.50. The largest absolute Gasteiger partial charge is 0.475 e. The summed E-state index contributed by atoms with van der Waals surface area (Å²) in [6, 6.07) is 9.13. The quantitative estimate of drug-likeness (QED) is 0.877. The van der Waals surface area contributed by atoms with Crippen LogP contribution in [-0.4, -0.2) is 40.9 Å². The maximum Gasteiger partial charge on any atom is 0.371 e. The van der Waals surface area contributed by atoms with E-state index in [1.807, 2.05) is 4.90 Å². The summed E-state index contributed by atoms with van der Waals surface area (Å²) in [5, 5.41) is 11.4. The minimum atomic E-state index is -1.24. The molecule has 2 N–H and O–H groups in total. The smallest absolute Gasteiger partial charge is 0.371 e. The molecule has 7 heteroatoms. The van der Waals surface area contributed by atoms with E-state index >= 15 is 0 Å². The number of anilines is 1. The Labute approximate surface area is 150 Å². The Morgan fingerprint density at radius 1 is 1.04 bits per heavy atom. The SMILES string of the molecule is CC1CCN(C(=O)c2ccc(NC(=O)c3ccc(C(=O)O)o3)cc2)CC1. The maximum absolute atomic E-state index is 12.5. The summed E-state index contributed by atoms with van der Waals surface area (Å²) in [6.07, 6.45) is 2.03. The van der Waals surface area contributed by atoms with Crippen molar-refractivity contribution in [1.29, 1.82) is 0 Å². The molecule has 7 nitrogen and oxygen atoms in total. The van der Waals surface area contributed by atoms with Crippen molar-refractivity contribution in [2.24, 2.45) is 5.92 Å². The number of nitrogens with zero attached hydrogens (tertiary/aromatic N) is 1. The summed E-state index contributed by atoms with van der Waals surface area (Å²) in [4.78, 5) is 37.2. The average Bonchev–Trinajstić information content (AvgIpc) is 3.13. The van der Waals surface area contributed by atoms with Crippen LogP contribution in [-0.2, 0) is 0 Å². The van der Waals surface area contributed by atoms with Gasteiger partial charge in [0.05, 0.1) is 0 Å². The second-order valence-corrected chi connectivity index (χ2v) is 6.48. The van der Waals surface area contributed by atoms with Crippen LogP contribution in [0.5, 0.6) is 0 Å². The average molecular weight is 356 g/mol. The molecule has 1 aromatic heterocycles. The number of likely N-dealkylation sites (tertiary alicyclic amines) is 1. The highest BCUT2D eigenvalue weighted by atomic mass is 16.4. The van der Waals surface area contributed by atoms with Crippen LogP contribution in [0.15, 0.2) is 40.8 Å². The van der Waals surface area contributed by atoms with Crippen LogP contribution in [0.4, 0.5) is 5.69 Å². The van der Waals surface area contributed by atoms with Crippen molar-refractivity contribution in [2.75, 3.05) is 18.4 Å². The number of aromatic carboxylic acids is 1. The molecule has 1 saturated heterocycles. The summed E-state index contributed by atoms with van der Waals surface area (Å²) >= 11 is 0. The third kappa shape index (κ3) is 3.93. The Balaban J connectivity index is 1.62. The zero-order chi connectivity index (χ0) is 18.7. The number of carboxylic acids is 1. The summed E-state index contributed by atoms with van der Waals surface area (Å²) in [6.45, 7) is 3.73. The zero-order valence-electron chi connectivity index (χ0n) is 14.4. The lowest BCUT2D eigenvalue weighted by atomic mass is 9.98. The zero-order valence-corrected chi connectivity index (χ0v) is 14.4. The minimum Gasteiger partial charge on any atom is -0.475 e. The molecule has 1 aromatic carbocycles. The van der Waals surface area contributed by atoms with Gasteiger partial charge in [-0.25, -0.2) is 4.79 Å². The lowest BCUT2D eigenvalue weighted by Gasteiger charge is -2.30. The van der Waals surface area contributed by atoms with Crippen LogP contribution in [0.1, 0.15) is 51.2 Å². The summed E-state index contributed by atoms with van der Waals surface area (Å²) in [5.74, 6) is -1.54. The molecular weight excluding hydrogens is 336 g/mol. The molecule has 26 heavy (non-hydrogen) atoms. The summed E-state index contributed by atoms with van der Waals surface area (Å²) in [5.41, 5.74) is 1.07. The van der Waals surface area contributed by atoms with E-state index < -0.39 is 11.9 Å². The minimum absolute atomic E-state index is 0.00749. The summed E-state index contributed by atoms with van der Waals surface area (Å²) in [7, 11) is 0. The van der Waals surface area contributed by atoms with Gasteiger partial charge >= 0.3 is 5.97 Å². The molecule has 0 bridgehead atoms. The fraction of sp³-hybridized carbons (Fsp3) is 0.316. The van der Waals surface area contributed by atoms with Crippen molar-refractivity contribution >= 4 is 23.5 Å². The first-order valence-electron chi connectivity index (χ1n) is 8.48. The number of carboxylic acid groups (broad SMARTS) is 1. The van der Waals surface area contributed by atoms with Crippen LogP contribution >= 0.6 is 0 Å². The molecule has 0 radical (unpaired) electrons. The van der Waals surface area contributed by atoms with Crippen LogP contribution in [0, 0.1) is 5.92 Å². The van der Waals surface area contributed by atoms with E-state index in [4.69, 9.17) is 9.52 Å². The van der Waals surface area contributed by atoms with E-state index in [0.717, 1.165) is 25.9 Å². The van der Waals surface area contributed by atoms with Crippen molar-refractivity contribution in [2.45, 2.75) is 19.8 Å². The number of nitrogens with one attached hydrogen (secondary N) is 1. The number of hydrogen-bond donors (Lipinski definition) is 2. The van der Waals surface area contributed by atoms with Gasteiger partial charge in [0, 0.05) is 24.3 Å². The Morgan fingerprint density at radius 3 is 2.23 bits per heavy atom. The molecule has 0 saturated carbocycles. The number of piperidine rings is 1. The van der Waals surface area contributed by atoms with Gasteiger partial charge in [0.25, 0.3) is 11.8 Å². The van der Waals surface area contributed by atoms with Crippen molar-refractivity contribution in [3.63, 3.8) is 0 Å². The normalized spacial score (nSPS) is 14.9. The third-order valence-corrected chi connectivity index (χ3v) is 4.50. The molecule has 1 aliphatic heterocycles. The van der Waals surface area contributed by atoms with E-state index in [-0.39, 0.29) is 17.4 Å². The number of rotatable bonds is 4. The van der Waals surface area contributed by atoms with Gasteiger partial charge in [0.1, 0.15) is 0 Å². The van der Waals surface area contributed by atoms with E-state index in [0.29, 0.717) is 17.2 Å². The molecule has 2 aromatic rings. The molecule has 0 aliphatic carbocycles. The van der Waals surface area contributed by atoms with E-state index in [1.54, 1.807) is 24.3 Å². The van der Waals surface area contributed by atoms with E-state index in [2.05, 4.69) is 12.2 Å². The van der Waals surface area contributed by atoms with Crippen molar-refractivity contribution in [3.05, 3.63) is 53.5 Å². The molecule has 0 atom stereocenters. The van der Waals surface area contributed by atoms with Gasteiger partial charge in [0.15, 0.2) is 5.76 Å². The number of carbonyl (C=O) groups is 3. The molecule has 0 unspecified atom stereocenters. The highest BCUT2D eigenvalue weighted by Crippen LogP contribution is 2.19. The second kappa shape index (κ2) is 7.43. The lowest BCUT2D eigenvalue weighted by Crippen LogP contribution is -2.37. The number of carbonyl (C=O) groups excluding carboxylic acids is 2. The summed E-state index contributed by atoms with van der Waals surface area (Å²) < 4.78 is 4.96. The Bertz CT molecular complexity index is 817. The molecule has 2 heterocycles. The van der Waals surface area contributed by atoms with Crippen LogP contribution in [0.3, 0.4) is 0 Å². The standard InChI is InChI=1S/C19H20N2O5/c1-12-8-10-21(11-9-12)18(23)13-2-4-14(5-3-13)20-17(22)15-6-7-16(26-15)19(24)25/h2-7,12H,8-11H2,1H3,(H,20,22)(H,24,25). The second-order valence-electron chi connectivity index (χ2n) is 6.48. The fourth-order valence-corrected chi connectivity index (χ4v) is 2.86. The van der Waals surface area contributed by atoms with Gasteiger partial charge in [-0.1, -0.05) is 6.92 Å². The molecule has 0 spiro atoms. The van der Waals surface area contributed by atoms with Crippen LogP contribution in [0.2, 0.25) is 0 Å². The van der Waals surface area contributed by atoms with E-state index in [1.165, 1.54) is 12.1 Å². The highest BCUT2D eigenvalue weighted by Gasteiger charge is 2.21. The first kappa shape index (κ1) is 17.7. The Kier molecular flexibility index (Phi) is 5.06. The van der Waals surface area contributed by atoms with Crippen LogP contribution < -0.4 is 5.32 Å². The number of amides is 2. The molecule has 3 rings (SSSR count). The Morgan fingerprint density at radius 2 is 1.65 bits per heavy atom. The van der Waals surface area contributed by atoms with Gasteiger partial charge in [-0.2, -0.15) is 0 Å². The van der Waals surface area contributed by atoms with Crippen molar-refractivity contribution in [3.8, 4) is 0 Å². The lowest BCUT2D eigenvalue weighted by molar-refractivity contribution is 0.0658. The predicted octanol–water partition coefficient (Wildman–Crippen LogP) is 3.10. The molecule has 1 fully saturated rings. The highest BCUT2D eigenvalue weighted by molar-refractivity contribution is 6.03. The monoisotopic (exact) mass is 356 g/mol. The molecule has 136 valence electrons. The van der Waals surface area contributed by atoms with Gasteiger partial charge in [-0.15, -0.1) is 0 Å². The van der Waals surface area contributed by atoms with Crippen molar-refractivity contribution < 1.29 is 23.9 Å².